The Hall–Kier alpha value is -3.23. The van der Waals surface area contributed by atoms with E-state index < -0.39 is 18.1 Å². The van der Waals surface area contributed by atoms with Gasteiger partial charge in [-0.25, -0.2) is 0 Å². The van der Waals surface area contributed by atoms with Gasteiger partial charge in [0, 0.05) is 19.3 Å². The zero-order valence-electron chi connectivity index (χ0n) is 38.4. The number of aliphatic carboxylic acids is 1. The van der Waals surface area contributed by atoms with Crippen molar-refractivity contribution in [2.45, 2.75) is 193 Å². The molecule has 0 fully saturated rings. The van der Waals surface area contributed by atoms with E-state index in [4.69, 9.17) is 14.2 Å². The molecule has 0 aromatic carbocycles. The highest BCUT2D eigenvalue weighted by Gasteiger charge is 2.25. The molecule has 0 spiro atoms. The van der Waals surface area contributed by atoms with Gasteiger partial charge in [-0.1, -0.05) is 157 Å². The van der Waals surface area contributed by atoms with E-state index in [0.29, 0.717) is 12.8 Å². The van der Waals surface area contributed by atoms with Crippen molar-refractivity contribution in [2.24, 2.45) is 0 Å². The lowest BCUT2D eigenvalue weighted by atomic mass is 10.1. The molecule has 59 heavy (non-hydrogen) atoms. The number of carboxylic acids is 1. The maximum absolute atomic E-state index is 12.7. The summed E-state index contributed by atoms with van der Waals surface area (Å²) in [5.74, 6) is -1.77. The van der Waals surface area contributed by atoms with E-state index in [0.717, 1.165) is 89.9 Å². The van der Waals surface area contributed by atoms with Gasteiger partial charge in [-0.15, -0.1) is 0 Å². The van der Waals surface area contributed by atoms with Crippen LogP contribution in [-0.4, -0.2) is 75.5 Å². The van der Waals surface area contributed by atoms with Gasteiger partial charge in [0.1, 0.15) is 12.6 Å². The number of esters is 2. The van der Waals surface area contributed by atoms with Crippen LogP contribution in [0.25, 0.3) is 0 Å². The number of quaternary nitrogens is 1. The second-order valence-electron chi connectivity index (χ2n) is 16.6. The molecule has 0 radical (unpaired) electrons. The zero-order valence-corrected chi connectivity index (χ0v) is 38.4. The molecule has 338 valence electrons. The van der Waals surface area contributed by atoms with Crippen molar-refractivity contribution in [1.29, 1.82) is 0 Å². The predicted octanol–water partition coefficient (Wildman–Crippen LogP) is 11.8. The monoisotopic (exact) mass is 826 g/mol. The molecule has 0 saturated carbocycles. The summed E-state index contributed by atoms with van der Waals surface area (Å²) in [6, 6.07) is -0.733. The standard InChI is InChI=1S/C51H87NO7/c1-6-8-10-12-14-16-18-20-22-23-24-25-26-28-29-31-33-35-37-39-41-49(53)58-46-47(45-57-44-43-48(51(55)56)52(3,4)5)59-50(54)42-40-38-36-34-32-30-27-21-19-17-15-13-11-9-7-2/h8,10,14-17,19-22,24-25,47-48H,6-7,9,11-13,18,23,26-46H2,1-5H3/b10-8+,16-14+,17-15+,21-19+,22-20+,25-24+. The fourth-order valence-electron chi connectivity index (χ4n) is 6.46. The van der Waals surface area contributed by atoms with E-state index in [1.54, 1.807) is 21.1 Å². The number of hydrogen-bond donors (Lipinski definition) is 0. The molecule has 0 amide bonds. The number of hydrogen-bond acceptors (Lipinski definition) is 7. The number of likely N-dealkylation sites (N-methyl/N-ethyl adjacent to an activating group) is 1. The van der Waals surface area contributed by atoms with Gasteiger partial charge in [0.05, 0.1) is 40.3 Å². The van der Waals surface area contributed by atoms with E-state index in [1.807, 2.05) is 0 Å². The minimum atomic E-state index is -1.13. The van der Waals surface area contributed by atoms with Crippen LogP contribution in [0.3, 0.4) is 0 Å². The van der Waals surface area contributed by atoms with Gasteiger partial charge in [0.2, 0.25) is 0 Å². The second kappa shape index (κ2) is 41.5. The summed E-state index contributed by atoms with van der Waals surface area (Å²) in [5.41, 5.74) is 0. The number of ether oxygens (including phenoxy) is 3. The fourth-order valence-corrected chi connectivity index (χ4v) is 6.46. The lowest BCUT2D eigenvalue weighted by Crippen LogP contribution is -2.55. The number of unbranched alkanes of at least 4 members (excludes halogenated alkanes) is 16. The predicted molar refractivity (Wildman–Crippen MR) is 245 cm³/mol. The van der Waals surface area contributed by atoms with E-state index in [1.165, 1.54) is 57.8 Å². The summed E-state index contributed by atoms with van der Waals surface area (Å²) in [4.78, 5) is 36.9. The molecule has 2 unspecified atom stereocenters. The minimum Gasteiger partial charge on any atom is -0.544 e. The number of carboxylic acid groups (broad SMARTS) is 1. The lowest BCUT2D eigenvalue weighted by molar-refractivity contribution is -0.889. The van der Waals surface area contributed by atoms with Crippen molar-refractivity contribution < 1.29 is 38.2 Å². The van der Waals surface area contributed by atoms with E-state index in [2.05, 4.69) is 86.8 Å². The van der Waals surface area contributed by atoms with E-state index in [-0.39, 0.29) is 42.7 Å². The average molecular weight is 826 g/mol. The summed E-state index contributed by atoms with van der Waals surface area (Å²) in [6.07, 6.45) is 52.0. The van der Waals surface area contributed by atoms with Gasteiger partial charge >= 0.3 is 11.9 Å². The molecule has 8 nitrogen and oxygen atoms in total. The van der Waals surface area contributed by atoms with E-state index in [9.17, 15) is 19.5 Å². The van der Waals surface area contributed by atoms with Gasteiger partial charge in [-0.3, -0.25) is 9.59 Å². The highest BCUT2D eigenvalue weighted by atomic mass is 16.6. The molecule has 0 aliphatic carbocycles. The van der Waals surface area contributed by atoms with Gasteiger partial charge < -0.3 is 28.6 Å². The van der Waals surface area contributed by atoms with Crippen LogP contribution in [0.5, 0.6) is 0 Å². The van der Waals surface area contributed by atoms with Crippen LogP contribution in [0.1, 0.15) is 181 Å². The first kappa shape index (κ1) is 55.8. The second-order valence-corrected chi connectivity index (χ2v) is 16.6. The van der Waals surface area contributed by atoms with Crippen LogP contribution >= 0.6 is 0 Å². The van der Waals surface area contributed by atoms with Crippen LogP contribution < -0.4 is 5.11 Å². The average Bonchev–Trinajstić information content (AvgIpc) is 3.19. The van der Waals surface area contributed by atoms with Crippen LogP contribution in [0, 0.1) is 0 Å². The summed E-state index contributed by atoms with van der Waals surface area (Å²) in [7, 11) is 5.40. The van der Waals surface area contributed by atoms with Gasteiger partial charge in [-0.2, -0.15) is 0 Å². The van der Waals surface area contributed by atoms with Crippen molar-refractivity contribution in [2.75, 3.05) is 41.0 Å². The number of carbonyl (C=O) groups is 3. The van der Waals surface area contributed by atoms with Crippen molar-refractivity contribution in [3.63, 3.8) is 0 Å². The summed E-state index contributed by atoms with van der Waals surface area (Å²) < 4.78 is 17.2. The molecule has 2 atom stereocenters. The number of allylic oxidation sites excluding steroid dienone is 12. The molecular weight excluding hydrogens is 739 g/mol. The molecule has 0 aliphatic heterocycles. The Morgan fingerprint density at radius 2 is 1.00 bits per heavy atom. The maximum Gasteiger partial charge on any atom is 0.306 e. The van der Waals surface area contributed by atoms with Crippen molar-refractivity contribution in [3.8, 4) is 0 Å². The number of carbonyl (C=O) groups excluding carboxylic acids is 3. The highest BCUT2D eigenvalue weighted by molar-refractivity contribution is 5.70. The van der Waals surface area contributed by atoms with Gasteiger partial charge in [-0.05, 0) is 77.0 Å². The quantitative estimate of drug-likeness (QED) is 0.0199. The molecule has 0 saturated heterocycles. The molecule has 0 aliphatic rings. The first-order valence-electron chi connectivity index (χ1n) is 23.5. The molecular formula is C51H87NO7. The zero-order chi connectivity index (χ0) is 43.5. The first-order chi connectivity index (χ1) is 28.6. The summed E-state index contributed by atoms with van der Waals surface area (Å²) in [6.45, 7) is 4.49. The Labute approximate surface area is 361 Å². The largest absolute Gasteiger partial charge is 0.544 e. The molecule has 0 bridgehead atoms. The van der Waals surface area contributed by atoms with Crippen molar-refractivity contribution >= 4 is 17.9 Å². The topological polar surface area (TPSA) is 102 Å². The van der Waals surface area contributed by atoms with Crippen molar-refractivity contribution in [1.82, 2.24) is 0 Å². The number of rotatable bonds is 41. The Morgan fingerprint density at radius 1 is 0.542 bits per heavy atom. The normalized spacial score (nSPS) is 13.6. The Balaban J connectivity index is 4.34. The van der Waals surface area contributed by atoms with E-state index >= 15 is 0 Å². The molecule has 0 rings (SSSR count). The SMILES string of the molecule is CC/C=C/C/C=C/C/C=C/C/C=C/CCCCCCCCCC(=O)OCC(COCCC(C(=O)[O-])[N+](C)(C)C)OC(=O)CCCCCCCC/C=C/C=C/CCCCC. The van der Waals surface area contributed by atoms with Gasteiger partial charge in [0.25, 0.3) is 0 Å². The Bertz CT molecular complexity index is 1190. The minimum absolute atomic E-state index is 0.0291. The Morgan fingerprint density at radius 3 is 1.51 bits per heavy atom. The summed E-state index contributed by atoms with van der Waals surface area (Å²) in [5, 5.41) is 11.6. The molecule has 0 N–H and O–H groups in total. The Kier molecular flexibility index (Phi) is 39.2. The van der Waals surface area contributed by atoms with Crippen LogP contribution in [0.4, 0.5) is 0 Å². The lowest BCUT2D eigenvalue weighted by Gasteiger charge is -2.34. The molecule has 8 heteroatoms. The van der Waals surface area contributed by atoms with Crippen LogP contribution in [0.15, 0.2) is 72.9 Å². The molecule has 0 heterocycles. The smallest absolute Gasteiger partial charge is 0.306 e. The highest BCUT2D eigenvalue weighted by Crippen LogP contribution is 2.13. The maximum atomic E-state index is 12.7. The molecule has 0 aromatic heterocycles. The van der Waals surface area contributed by atoms with Crippen LogP contribution in [-0.2, 0) is 28.6 Å². The van der Waals surface area contributed by atoms with Gasteiger partial charge in [0.15, 0.2) is 6.10 Å². The number of nitrogens with zero attached hydrogens (tertiary/aromatic N) is 1. The molecule has 0 aromatic rings. The fraction of sp³-hybridized carbons (Fsp3) is 0.706. The van der Waals surface area contributed by atoms with Crippen molar-refractivity contribution in [3.05, 3.63) is 72.9 Å². The third-order valence-corrected chi connectivity index (χ3v) is 10.1. The third kappa shape index (κ3) is 40.0. The van der Waals surface area contributed by atoms with Crippen LogP contribution in [0.2, 0.25) is 0 Å². The summed E-state index contributed by atoms with van der Waals surface area (Å²) >= 11 is 0. The first-order valence-corrected chi connectivity index (χ1v) is 23.5. The third-order valence-electron chi connectivity index (χ3n) is 10.1.